The molecular weight excluding hydrogens is 450 g/mol. The molecule has 0 bridgehead atoms. The van der Waals surface area contributed by atoms with Crippen molar-refractivity contribution in [2.45, 2.75) is 61.8 Å². The van der Waals surface area contributed by atoms with Crippen LogP contribution in [0.15, 0.2) is 41.9 Å². The second kappa shape index (κ2) is 23.2. The number of aliphatic imine (C=N–C) groups is 1. The largest absolute Gasteiger partial charge is 0.379 e. The molecule has 2 rings (SSSR count). The first-order chi connectivity index (χ1) is 15.8. The predicted molar refractivity (Wildman–Crippen MR) is 154 cm³/mol. The second-order valence-corrected chi connectivity index (χ2v) is 8.41. The van der Waals surface area contributed by atoms with E-state index in [-0.39, 0.29) is 0 Å². The van der Waals surface area contributed by atoms with Crippen LogP contribution in [0.2, 0.25) is 5.02 Å². The predicted octanol–water partition coefficient (Wildman–Crippen LogP) is 8.27. The van der Waals surface area contributed by atoms with E-state index >= 15 is 0 Å². The molecule has 0 saturated heterocycles. The molecule has 0 unspecified atom stereocenters. The second-order valence-electron chi connectivity index (χ2n) is 6.92. The van der Waals surface area contributed by atoms with Crippen LogP contribution >= 0.6 is 22.9 Å². The zero-order valence-electron chi connectivity index (χ0n) is 22.4. The van der Waals surface area contributed by atoms with Crippen molar-refractivity contribution in [2.75, 3.05) is 26.0 Å². The Morgan fingerprint density at radius 2 is 1.64 bits per heavy atom. The van der Waals surface area contributed by atoms with Crippen LogP contribution < -0.4 is 11.1 Å². The molecular formula is C27H46ClN3OS. The average molecular weight is 496 g/mol. The Morgan fingerprint density at radius 1 is 1.18 bits per heavy atom. The molecule has 33 heavy (non-hydrogen) atoms. The first-order valence-corrected chi connectivity index (χ1v) is 12.7. The fraction of sp³-hybridized carbons (Fsp3) is 0.481. The number of carbonyl (C=O) groups excluding carboxylic acids is 1. The van der Waals surface area contributed by atoms with Gasteiger partial charge in [-0.25, -0.2) is 0 Å². The van der Waals surface area contributed by atoms with Crippen LogP contribution in [0.3, 0.4) is 0 Å². The highest BCUT2D eigenvalue weighted by atomic mass is 35.5. The van der Waals surface area contributed by atoms with Crippen LogP contribution in [0.25, 0.3) is 0 Å². The number of carbonyl (C=O) groups is 1. The van der Waals surface area contributed by atoms with Gasteiger partial charge in [0.1, 0.15) is 0 Å². The van der Waals surface area contributed by atoms with E-state index in [1.807, 2.05) is 65.1 Å². The normalized spacial score (nSPS) is 9.55. The minimum atomic E-state index is 0.673. The number of allylic oxidation sites excluding steroid dienone is 1. The summed E-state index contributed by atoms with van der Waals surface area (Å²) in [6.45, 7) is 20.7. The average Bonchev–Trinajstić information content (AvgIpc) is 3.15. The van der Waals surface area contributed by atoms with E-state index in [1.165, 1.54) is 18.4 Å². The van der Waals surface area contributed by atoms with Gasteiger partial charge in [0.05, 0.1) is 15.6 Å². The highest BCUT2D eigenvalue weighted by molar-refractivity contribution is 7.18. The zero-order chi connectivity index (χ0) is 26.4. The van der Waals surface area contributed by atoms with Crippen molar-refractivity contribution in [3.8, 4) is 0 Å². The molecule has 0 amide bonds. The first-order valence-electron chi connectivity index (χ1n) is 11.5. The molecule has 0 saturated carbocycles. The lowest BCUT2D eigenvalue weighted by atomic mass is 10.00. The van der Waals surface area contributed by atoms with Gasteiger partial charge in [0.15, 0.2) is 6.29 Å². The third-order valence-corrected chi connectivity index (χ3v) is 4.96. The molecule has 0 radical (unpaired) electrons. The quantitative estimate of drug-likeness (QED) is 0.240. The van der Waals surface area contributed by atoms with E-state index in [0.717, 1.165) is 50.9 Å². The number of halogens is 1. The minimum absolute atomic E-state index is 0.673. The number of anilines is 1. The lowest BCUT2D eigenvalue weighted by molar-refractivity contribution is 0.112. The number of nitrogens with two attached hydrogens (primary N) is 1. The molecule has 0 spiro atoms. The van der Waals surface area contributed by atoms with E-state index in [9.17, 15) is 4.79 Å². The van der Waals surface area contributed by atoms with E-state index in [4.69, 9.17) is 11.6 Å². The number of nitrogens with zero attached hydrogens (tertiary/aromatic N) is 1. The van der Waals surface area contributed by atoms with Crippen molar-refractivity contribution in [1.29, 1.82) is 0 Å². The summed E-state index contributed by atoms with van der Waals surface area (Å²) in [7, 11) is 3.36. The highest BCUT2D eigenvalue weighted by Crippen LogP contribution is 2.34. The Morgan fingerprint density at radius 3 is 1.97 bits per heavy atom. The summed E-state index contributed by atoms with van der Waals surface area (Å²) in [5.41, 5.74) is 8.34. The van der Waals surface area contributed by atoms with Gasteiger partial charge in [0.2, 0.25) is 0 Å². The number of benzene rings is 1. The summed E-state index contributed by atoms with van der Waals surface area (Å²) >= 11 is 7.41. The molecule has 0 atom stereocenters. The van der Waals surface area contributed by atoms with Crippen molar-refractivity contribution in [2.24, 2.45) is 16.6 Å². The van der Waals surface area contributed by atoms with Gasteiger partial charge in [-0.15, -0.1) is 17.9 Å². The van der Waals surface area contributed by atoms with Crippen LogP contribution in [0.4, 0.5) is 5.00 Å². The van der Waals surface area contributed by atoms with Crippen molar-refractivity contribution in [1.82, 2.24) is 0 Å². The summed E-state index contributed by atoms with van der Waals surface area (Å²) < 4.78 is 0. The van der Waals surface area contributed by atoms with E-state index in [2.05, 4.69) is 50.3 Å². The lowest BCUT2D eigenvalue weighted by Crippen LogP contribution is -2.07. The fourth-order valence-corrected chi connectivity index (χ4v) is 3.29. The Balaban J connectivity index is -0.000000631. The Labute approximate surface area is 212 Å². The van der Waals surface area contributed by atoms with Gasteiger partial charge in [-0.2, -0.15) is 0 Å². The lowest BCUT2D eigenvalue weighted by Gasteiger charge is -2.10. The monoisotopic (exact) mass is 495 g/mol. The summed E-state index contributed by atoms with van der Waals surface area (Å²) in [5, 5.41) is 4.81. The summed E-state index contributed by atoms with van der Waals surface area (Å²) in [5.74, 6) is 0.833. The van der Waals surface area contributed by atoms with Crippen molar-refractivity contribution >= 4 is 39.9 Å². The minimum Gasteiger partial charge on any atom is -0.379 e. The molecule has 0 aliphatic heterocycles. The number of hydrogen-bond acceptors (Lipinski definition) is 5. The van der Waals surface area contributed by atoms with E-state index < -0.39 is 0 Å². The Kier molecular flexibility index (Phi) is 25.1. The van der Waals surface area contributed by atoms with Gasteiger partial charge >= 0.3 is 0 Å². The summed E-state index contributed by atoms with van der Waals surface area (Å²) in [6.07, 6.45) is 3.86. The van der Waals surface area contributed by atoms with Gasteiger partial charge in [-0.05, 0) is 50.9 Å². The molecule has 1 heterocycles. The topological polar surface area (TPSA) is 67.5 Å². The smallest absolute Gasteiger partial charge is 0.160 e. The maximum absolute atomic E-state index is 11.2. The number of aldehydes is 1. The molecule has 1 aromatic heterocycles. The SMILES string of the molecule is C=CCC.CC.CC(C)C.CCN=C(c1ccc(Cl)cc1)c1c(NC)sc(C=O)c1C.CN. The molecule has 2 aromatic rings. The maximum Gasteiger partial charge on any atom is 0.160 e. The summed E-state index contributed by atoms with van der Waals surface area (Å²) in [4.78, 5) is 16.6. The standard InChI is InChI=1S/C16H17ClN2OS.C4H10.C4H8.C2H6.CH5N/c1-4-19-15(11-5-7-12(17)8-6-11)14-10(2)13(9-20)21-16(14)18-3;1-4(2)3;1-3-4-2;2*1-2/h5-9,18H,4H2,1-3H3;4H,1-3H3;3H,1,4H2,2H3;1-2H3;2H2,1H3. The van der Waals surface area contributed by atoms with Crippen LogP contribution in [0, 0.1) is 12.8 Å². The third kappa shape index (κ3) is 14.7. The van der Waals surface area contributed by atoms with E-state index in [1.54, 1.807) is 0 Å². The highest BCUT2D eigenvalue weighted by Gasteiger charge is 2.19. The third-order valence-electron chi connectivity index (χ3n) is 3.48. The van der Waals surface area contributed by atoms with Crippen LogP contribution in [-0.2, 0) is 0 Å². The van der Waals surface area contributed by atoms with Crippen molar-refractivity contribution in [3.63, 3.8) is 0 Å². The first kappa shape index (κ1) is 35.6. The van der Waals surface area contributed by atoms with Crippen molar-refractivity contribution < 1.29 is 4.79 Å². The molecule has 0 fully saturated rings. The van der Waals surface area contributed by atoms with Crippen molar-refractivity contribution in [3.05, 3.63) is 63.5 Å². The van der Waals surface area contributed by atoms with Gasteiger partial charge in [-0.1, -0.05) is 71.4 Å². The summed E-state index contributed by atoms with van der Waals surface area (Å²) in [6, 6.07) is 7.61. The molecule has 0 aliphatic carbocycles. The molecule has 0 aliphatic rings. The number of thiophene rings is 1. The number of nitrogens with one attached hydrogen (secondary N) is 1. The molecule has 3 N–H and O–H groups in total. The van der Waals surface area contributed by atoms with Gasteiger partial charge < -0.3 is 11.1 Å². The number of hydrogen-bond donors (Lipinski definition) is 2. The molecule has 4 nitrogen and oxygen atoms in total. The maximum atomic E-state index is 11.2. The fourth-order valence-electron chi connectivity index (χ4n) is 2.19. The van der Waals surface area contributed by atoms with Gasteiger partial charge in [0, 0.05) is 29.7 Å². The van der Waals surface area contributed by atoms with E-state index in [0.29, 0.717) is 11.6 Å². The molecule has 6 heteroatoms. The zero-order valence-corrected chi connectivity index (χ0v) is 24.0. The van der Waals surface area contributed by atoms with Crippen LogP contribution in [-0.4, -0.2) is 32.6 Å². The van der Waals surface area contributed by atoms with Crippen LogP contribution in [0.5, 0.6) is 0 Å². The number of rotatable bonds is 6. The van der Waals surface area contributed by atoms with Gasteiger partial charge in [-0.3, -0.25) is 9.79 Å². The Hall–Kier alpha value is -1.95. The van der Waals surface area contributed by atoms with Crippen LogP contribution in [0.1, 0.15) is 81.2 Å². The molecule has 188 valence electrons. The molecule has 1 aromatic carbocycles. The van der Waals surface area contributed by atoms with Gasteiger partial charge in [0.25, 0.3) is 0 Å². The Bertz CT molecular complexity index is 779.